The number of hydrogen-bond donors (Lipinski definition) is 2. The van der Waals surface area contributed by atoms with Gasteiger partial charge in [-0.05, 0) is 24.6 Å². The van der Waals surface area contributed by atoms with Gasteiger partial charge in [0.2, 0.25) is 5.95 Å². The molecule has 0 radical (unpaired) electrons. The molecule has 1 atom stereocenters. The SMILES string of the molecule is CC(Nc1nc(Nc2cnccn2)cc(N2CC(N3CCOCC3)C2)n1)c1ccc(F)cc1. The highest BCUT2D eigenvalue weighted by Crippen LogP contribution is 2.28. The summed E-state index contributed by atoms with van der Waals surface area (Å²) in [6, 6.07) is 8.78. The first kappa shape index (κ1) is 21.5. The number of nitrogens with zero attached hydrogens (tertiary/aromatic N) is 6. The summed E-state index contributed by atoms with van der Waals surface area (Å²) in [6.07, 6.45) is 4.90. The summed E-state index contributed by atoms with van der Waals surface area (Å²) in [4.78, 5) is 22.5. The maximum atomic E-state index is 13.3. The van der Waals surface area contributed by atoms with Gasteiger partial charge in [-0.25, -0.2) is 9.37 Å². The summed E-state index contributed by atoms with van der Waals surface area (Å²) in [7, 11) is 0. The van der Waals surface area contributed by atoms with Crippen molar-refractivity contribution >= 4 is 23.4 Å². The molecule has 172 valence electrons. The lowest BCUT2D eigenvalue weighted by Gasteiger charge is -2.47. The maximum absolute atomic E-state index is 13.3. The normalized spacial score (nSPS) is 17.9. The molecule has 2 fully saturated rings. The smallest absolute Gasteiger partial charge is 0.227 e. The third kappa shape index (κ3) is 5.18. The molecule has 9 nitrogen and oxygen atoms in total. The summed E-state index contributed by atoms with van der Waals surface area (Å²) < 4.78 is 18.8. The van der Waals surface area contributed by atoms with Gasteiger partial charge < -0.3 is 20.3 Å². The minimum absolute atomic E-state index is 0.0947. The molecular formula is C23H27FN8O. The second-order valence-electron chi connectivity index (χ2n) is 8.28. The summed E-state index contributed by atoms with van der Waals surface area (Å²) in [6.45, 7) is 7.37. The molecule has 0 amide bonds. The van der Waals surface area contributed by atoms with Crippen LogP contribution in [0.3, 0.4) is 0 Å². The Kier molecular flexibility index (Phi) is 6.27. The van der Waals surface area contributed by atoms with Crippen LogP contribution in [0.25, 0.3) is 0 Å². The van der Waals surface area contributed by atoms with E-state index < -0.39 is 0 Å². The monoisotopic (exact) mass is 450 g/mol. The number of halogens is 1. The highest BCUT2D eigenvalue weighted by molar-refractivity contribution is 5.60. The fourth-order valence-electron chi connectivity index (χ4n) is 4.06. The number of rotatable bonds is 7. The molecule has 2 aliphatic rings. The summed E-state index contributed by atoms with van der Waals surface area (Å²) in [5.41, 5.74) is 0.949. The van der Waals surface area contributed by atoms with E-state index in [1.54, 1.807) is 30.7 Å². The van der Waals surface area contributed by atoms with E-state index in [2.05, 4.69) is 35.4 Å². The maximum Gasteiger partial charge on any atom is 0.227 e. The van der Waals surface area contributed by atoms with Crippen LogP contribution in [0.5, 0.6) is 0 Å². The second-order valence-corrected chi connectivity index (χ2v) is 8.28. The van der Waals surface area contributed by atoms with Gasteiger partial charge in [-0.15, -0.1) is 0 Å². The molecule has 0 spiro atoms. The first-order valence-corrected chi connectivity index (χ1v) is 11.1. The van der Waals surface area contributed by atoms with Gasteiger partial charge in [-0.2, -0.15) is 9.97 Å². The quantitative estimate of drug-likeness (QED) is 0.564. The van der Waals surface area contributed by atoms with Gasteiger partial charge in [0.25, 0.3) is 0 Å². The third-order valence-electron chi connectivity index (χ3n) is 6.00. The summed E-state index contributed by atoms with van der Waals surface area (Å²) in [5, 5.41) is 6.56. The van der Waals surface area contributed by atoms with Crippen LogP contribution in [-0.4, -0.2) is 70.3 Å². The lowest BCUT2D eigenvalue weighted by atomic mass is 10.1. The number of hydrogen-bond acceptors (Lipinski definition) is 9. The van der Waals surface area contributed by atoms with Gasteiger partial charge in [0.15, 0.2) is 0 Å². The van der Waals surface area contributed by atoms with E-state index in [9.17, 15) is 4.39 Å². The number of nitrogens with one attached hydrogen (secondary N) is 2. The number of ether oxygens (including phenoxy) is 1. The molecule has 2 N–H and O–H groups in total. The van der Waals surface area contributed by atoms with Crippen LogP contribution in [0.4, 0.5) is 27.8 Å². The van der Waals surface area contributed by atoms with Gasteiger partial charge in [-0.3, -0.25) is 9.88 Å². The van der Waals surface area contributed by atoms with Gasteiger partial charge in [-0.1, -0.05) is 12.1 Å². The largest absolute Gasteiger partial charge is 0.379 e. The molecule has 0 aliphatic carbocycles. The predicted molar refractivity (Wildman–Crippen MR) is 124 cm³/mol. The van der Waals surface area contributed by atoms with Crippen molar-refractivity contribution in [1.29, 1.82) is 0 Å². The van der Waals surface area contributed by atoms with Gasteiger partial charge in [0.05, 0.1) is 25.5 Å². The van der Waals surface area contributed by atoms with Crippen molar-refractivity contribution in [2.24, 2.45) is 0 Å². The minimum atomic E-state index is -0.257. The van der Waals surface area contributed by atoms with Gasteiger partial charge in [0.1, 0.15) is 23.3 Å². The van der Waals surface area contributed by atoms with E-state index >= 15 is 0 Å². The van der Waals surface area contributed by atoms with Crippen molar-refractivity contribution in [3.8, 4) is 0 Å². The van der Waals surface area contributed by atoms with E-state index in [-0.39, 0.29) is 11.9 Å². The highest BCUT2D eigenvalue weighted by Gasteiger charge is 2.33. The van der Waals surface area contributed by atoms with Gasteiger partial charge in [0, 0.05) is 50.7 Å². The molecule has 1 aromatic carbocycles. The van der Waals surface area contributed by atoms with E-state index in [0.717, 1.165) is 50.8 Å². The van der Waals surface area contributed by atoms with Crippen LogP contribution in [0.15, 0.2) is 48.9 Å². The van der Waals surface area contributed by atoms with E-state index in [1.807, 2.05) is 13.0 Å². The molecule has 1 unspecified atom stereocenters. The zero-order valence-corrected chi connectivity index (χ0v) is 18.5. The van der Waals surface area contributed by atoms with Crippen molar-refractivity contribution in [3.63, 3.8) is 0 Å². The molecular weight excluding hydrogens is 423 g/mol. The zero-order chi connectivity index (χ0) is 22.6. The molecule has 0 bridgehead atoms. The molecule has 0 saturated carbocycles. The predicted octanol–water partition coefficient (Wildman–Crippen LogP) is 2.84. The molecule has 4 heterocycles. The lowest BCUT2D eigenvalue weighted by molar-refractivity contribution is 0.0104. The molecule has 33 heavy (non-hydrogen) atoms. The summed E-state index contributed by atoms with van der Waals surface area (Å²) >= 11 is 0. The Balaban J connectivity index is 1.34. The fourth-order valence-corrected chi connectivity index (χ4v) is 4.06. The van der Waals surface area contributed by atoms with Crippen LogP contribution < -0.4 is 15.5 Å². The van der Waals surface area contributed by atoms with E-state index in [1.165, 1.54) is 12.1 Å². The van der Waals surface area contributed by atoms with Crippen LogP contribution in [-0.2, 0) is 4.74 Å². The van der Waals surface area contributed by atoms with Crippen molar-refractivity contribution < 1.29 is 9.13 Å². The zero-order valence-electron chi connectivity index (χ0n) is 18.5. The average Bonchev–Trinajstić information content (AvgIpc) is 2.80. The topological polar surface area (TPSA) is 91.3 Å². The number of morpholine rings is 1. The van der Waals surface area contributed by atoms with Crippen molar-refractivity contribution in [2.45, 2.75) is 19.0 Å². The van der Waals surface area contributed by atoms with Crippen molar-refractivity contribution in [1.82, 2.24) is 24.8 Å². The Morgan fingerprint density at radius 1 is 1.06 bits per heavy atom. The van der Waals surface area contributed by atoms with Crippen LogP contribution in [0, 0.1) is 5.82 Å². The van der Waals surface area contributed by atoms with Crippen LogP contribution in [0.1, 0.15) is 18.5 Å². The van der Waals surface area contributed by atoms with E-state index in [4.69, 9.17) is 9.72 Å². The van der Waals surface area contributed by atoms with E-state index in [0.29, 0.717) is 23.6 Å². The Bertz CT molecular complexity index is 1060. The number of benzene rings is 1. The Morgan fingerprint density at radius 3 is 2.58 bits per heavy atom. The Hall–Kier alpha value is -3.37. The van der Waals surface area contributed by atoms with Crippen LogP contribution in [0.2, 0.25) is 0 Å². The van der Waals surface area contributed by atoms with Gasteiger partial charge >= 0.3 is 0 Å². The van der Waals surface area contributed by atoms with Crippen LogP contribution >= 0.6 is 0 Å². The first-order chi connectivity index (χ1) is 16.1. The summed E-state index contributed by atoms with van der Waals surface area (Å²) in [5.74, 6) is 2.31. The molecule has 3 aromatic rings. The molecule has 2 aromatic heterocycles. The Labute approximate surface area is 192 Å². The third-order valence-corrected chi connectivity index (χ3v) is 6.00. The standard InChI is InChI=1S/C23H27FN8O/c1-16(17-2-4-18(24)5-3-17)27-23-29-20(28-21-13-25-6-7-26-21)12-22(30-23)32-14-19(15-32)31-8-10-33-11-9-31/h2-7,12-13,16,19H,8-11,14-15H2,1H3,(H2,26,27,28,29,30). The molecule has 2 saturated heterocycles. The molecule has 5 rings (SSSR count). The first-order valence-electron chi connectivity index (χ1n) is 11.1. The van der Waals surface area contributed by atoms with Crippen molar-refractivity contribution in [3.05, 3.63) is 60.3 Å². The highest BCUT2D eigenvalue weighted by atomic mass is 19.1. The minimum Gasteiger partial charge on any atom is -0.379 e. The lowest BCUT2D eigenvalue weighted by Crippen LogP contribution is -2.61. The average molecular weight is 451 g/mol. The van der Waals surface area contributed by atoms with Crippen molar-refractivity contribution in [2.75, 3.05) is 54.9 Å². The number of aromatic nitrogens is 4. The fraction of sp³-hybridized carbons (Fsp3) is 0.391. The molecule has 10 heteroatoms. The number of anilines is 4. The Morgan fingerprint density at radius 2 is 1.85 bits per heavy atom. The molecule has 2 aliphatic heterocycles. The second kappa shape index (κ2) is 9.63.